The van der Waals surface area contributed by atoms with Gasteiger partial charge in [-0.25, -0.2) is 0 Å². The Labute approximate surface area is 106 Å². The summed E-state index contributed by atoms with van der Waals surface area (Å²) in [5, 5.41) is 4.66. The van der Waals surface area contributed by atoms with Crippen LogP contribution in [0.15, 0.2) is 18.2 Å². The largest absolute Gasteiger partial charge is 0.376 e. The van der Waals surface area contributed by atoms with Gasteiger partial charge in [0.15, 0.2) is 0 Å². The van der Waals surface area contributed by atoms with Gasteiger partial charge in [0.05, 0.1) is 13.2 Å². The Kier molecular flexibility index (Phi) is 4.47. The van der Waals surface area contributed by atoms with E-state index in [0.717, 1.165) is 25.3 Å². The van der Waals surface area contributed by atoms with Crippen LogP contribution < -0.4 is 5.32 Å². The number of ether oxygens (including phenoxy) is 1. The van der Waals surface area contributed by atoms with Crippen LogP contribution in [-0.2, 0) is 11.3 Å². The van der Waals surface area contributed by atoms with Crippen LogP contribution in [0.2, 0.25) is 10.0 Å². The molecule has 1 aliphatic rings. The minimum Gasteiger partial charge on any atom is -0.376 e. The number of hydrogen-bond acceptors (Lipinski definition) is 2. The first kappa shape index (κ1) is 12.2. The van der Waals surface area contributed by atoms with E-state index in [4.69, 9.17) is 27.9 Å². The van der Waals surface area contributed by atoms with Crippen LogP contribution in [0.25, 0.3) is 0 Å². The van der Waals surface area contributed by atoms with Crippen molar-refractivity contribution in [3.63, 3.8) is 0 Å². The summed E-state index contributed by atoms with van der Waals surface area (Å²) in [4.78, 5) is 0. The zero-order valence-corrected chi connectivity index (χ0v) is 10.5. The zero-order valence-electron chi connectivity index (χ0n) is 9.01. The Morgan fingerprint density at radius 1 is 1.38 bits per heavy atom. The molecule has 1 N–H and O–H groups in total. The summed E-state index contributed by atoms with van der Waals surface area (Å²) in [6.07, 6.45) is 1.20. The van der Waals surface area contributed by atoms with E-state index in [1.165, 1.54) is 6.42 Å². The molecule has 2 rings (SSSR count). The molecule has 4 heteroatoms. The number of hydrogen-bond donors (Lipinski definition) is 1. The minimum absolute atomic E-state index is 0.562. The molecular formula is C12H15Cl2NO. The van der Waals surface area contributed by atoms with Crippen LogP contribution in [-0.4, -0.2) is 19.7 Å². The predicted molar refractivity (Wildman–Crippen MR) is 67.1 cm³/mol. The Hall–Kier alpha value is -0.280. The third-order valence-corrected chi connectivity index (χ3v) is 3.38. The highest BCUT2D eigenvalue weighted by Crippen LogP contribution is 2.22. The molecule has 1 aromatic rings. The van der Waals surface area contributed by atoms with E-state index >= 15 is 0 Å². The summed E-state index contributed by atoms with van der Waals surface area (Å²) in [5.74, 6) is 0.645. The topological polar surface area (TPSA) is 21.3 Å². The van der Waals surface area contributed by atoms with Gasteiger partial charge in [-0.15, -0.1) is 0 Å². The van der Waals surface area contributed by atoms with E-state index in [2.05, 4.69) is 5.32 Å². The lowest BCUT2D eigenvalue weighted by atomic mass is 10.1. The van der Waals surface area contributed by atoms with Gasteiger partial charge in [0.25, 0.3) is 0 Å². The predicted octanol–water partition coefficient (Wildman–Crippen LogP) is 3.12. The summed E-state index contributed by atoms with van der Waals surface area (Å²) < 4.78 is 5.66. The molecule has 0 aliphatic carbocycles. The SMILES string of the molecule is Clc1ccc(COC[C@@H]2CCNC2)c(Cl)c1. The van der Waals surface area contributed by atoms with Crippen LogP contribution in [0.3, 0.4) is 0 Å². The highest BCUT2D eigenvalue weighted by Gasteiger charge is 2.14. The second-order valence-corrected chi connectivity index (χ2v) is 4.95. The molecule has 1 atom stereocenters. The van der Waals surface area contributed by atoms with Gasteiger partial charge in [0, 0.05) is 16.6 Å². The van der Waals surface area contributed by atoms with E-state index in [0.29, 0.717) is 22.6 Å². The number of nitrogens with one attached hydrogen (secondary N) is 1. The van der Waals surface area contributed by atoms with Gasteiger partial charge in [-0.1, -0.05) is 29.3 Å². The monoisotopic (exact) mass is 259 g/mol. The molecule has 0 radical (unpaired) electrons. The van der Waals surface area contributed by atoms with Crippen molar-refractivity contribution in [2.24, 2.45) is 5.92 Å². The number of halogens is 2. The molecule has 0 saturated carbocycles. The Morgan fingerprint density at radius 2 is 2.25 bits per heavy atom. The highest BCUT2D eigenvalue weighted by atomic mass is 35.5. The number of benzene rings is 1. The Balaban J connectivity index is 1.80. The summed E-state index contributed by atoms with van der Waals surface area (Å²) in [5.41, 5.74) is 0.997. The van der Waals surface area contributed by atoms with Gasteiger partial charge in [-0.3, -0.25) is 0 Å². The van der Waals surface area contributed by atoms with Gasteiger partial charge in [-0.2, -0.15) is 0 Å². The zero-order chi connectivity index (χ0) is 11.4. The van der Waals surface area contributed by atoms with Crippen LogP contribution in [0.4, 0.5) is 0 Å². The molecule has 1 heterocycles. The smallest absolute Gasteiger partial charge is 0.0731 e. The molecule has 88 valence electrons. The van der Waals surface area contributed by atoms with E-state index in [1.54, 1.807) is 6.07 Å². The molecule has 0 aromatic heterocycles. The average Bonchev–Trinajstić information content (AvgIpc) is 2.74. The lowest BCUT2D eigenvalue weighted by molar-refractivity contribution is 0.0925. The molecule has 1 saturated heterocycles. The normalized spacial score (nSPS) is 20.2. The average molecular weight is 260 g/mol. The Morgan fingerprint density at radius 3 is 2.94 bits per heavy atom. The van der Waals surface area contributed by atoms with E-state index in [1.807, 2.05) is 12.1 Å². The van der Waals surface area contributed by atoms with Crippen molar-refractivity contribution >= 4 is 23.2 Å². The minimum atomic E-state index is 0.562. The van der Waals surface area contributed by atoms with Gasteiger partial charge < -0.3 is 10.1 Å². The van der Waals surface area contributed by atoms with Crippen LogP contribution in [0, 0.1) is 5.92 Å². The van der Waals surface area contributed by atoms with Gasteiger partial charge in [0.1, 0.15) is 0 Å². The third-order valence-electron chi connectivity index (χ3n) is 2.79. The van der Waals surface area contributed by atoms with Crippen LogP contribution >= 0.6 is 23.2 Å². The van der Waals surface area contributed by atoms with Crippen molar-refractivity contribution in [2.45, 2.75) is 13.0 Å². The molecule has 1 fully saturated rings. The van der Waals surface area contributed by atoms with Gasteiger partial charge in [0.2, 0.25) is 0 Å². The first-order valence-corrected chi connectivity index (χ1v) is 6.23. The molecule has 1 aliphatic heterocycles. The molecule has 0 bridgehead atoms. The number of rotatable bonds is 4. The van der Waals surface area contributed by atoms with E-state index in [-0.39, 0.29) is 0 Å². The van der Waals surface area contributed by atoms with Crippen molar-refractivity contribution in [1.82, 2.24) is 5.32 Å². The molecule has 0 spiro atoms. The molecular weight excluding hydrogens is 245 g/mol. The third kappa shape index (κ3) is 3.36. The van der Waals surface area contributed by atoms with Crippen molar-refractivity contribution in [3.05, 3.63) is 33.8 Å². The van der Waals surface area contributed by atoms with Crippen molar-refractivity contribution in [1.29, 1.82) is 0 Å². The molecule has 16 heavy (non-hydrogen) atoms. The van der Waals surface area contributed by atoms with Crippen molar-refractivity contribution in [2.75, 3.05) is 19.7 Å². The lowest BCUT2D eigenvalue weighted by Crippen LogP contribution is -2.13. The highest BCUT2D eigenvalue weighted by molar-refractivity contribution is 6.35. The summed E-state index contributed by atoms with van der Waals surface area (Å²) in [6, 6.07) is 5.50. The summed E-state index contributed by atoms with van der Waals surface area (Å²) in [6.45, 7) is 3.53. The van der Waals surface area contributed by atoms with Crippen LogP contribution in [0.5, 0.6) is 0 Å². The fourth-order valence-electron chi connectivity index (χ4n) is 1.83. The summed E-state index contributed by atoms with van der Waals surface area (Å²) in [7, 11) is 0. The van der Waals surface area contributed by atoms with Crippen molar-refractivity contribution < 1.29 is 4.74 Å². The van der Waals surface area contributed by atoms with Crippen LogP contribution in [0.1, 0.15) is 12.0 Å². The fraction of sp³-hybridized carbons (Fsp3) is 0.500. The standard InChI is InChI=1S/C12H15Cl2NO/c13-11-2-1-10(12(14)5-11)8-16-7-9-3-4-15-6-9/h1-2,5,9,15H,3-4,6-8H2/t9-/m1/s1. The second kappa shape index (κ2) is 5.87. The maximum atomic E-state index is 6.05. The van der Waals surface area contributed by atoms with Gasteiger partial charge >= 0.3 is 0 Å². The first-order valence-electron chi connectivity index (χ1n) is 5.48. The molecule has 1 aromatic carbocycles. The molecule has 2 nitrogen and oxygen atoms in total. The van der Waals surface area contributed by atoms with Crippen molar-refractivity contribution in [3.8, 4) is 0 Å². The second-order valence-electron chi connectivity index (χ2n) is 4.11. The lowest BCUT2D eigenvalue weighted by Gasteiger charge is -2.10. The first-order chi connectivity index (χ1) is 7.75. The molecule has 0 unspecified atom stereocenters. The maximum Gasteiger partial charge on any atom is 0.0731 e. The van der Waals surface area contributed by atoms with E-state index in [9.17, 15) is 0 Å². The fourth-order valence-corrected chi connectivity index (χ4v) is 2.29. The van der Waals surface area contributed by atoms with E-state index < -0.39 is 0 Å². The Bertz CT molecular complexity index is 351. The summed E-state index contributed by atoms with van der Waals surface area (Å²) >= 11 is 11.9. The quantitative estimate of drug-likeness (QED) is 0.898. The molecule has 0 amide bonds. The maximum absolute atomic E-state index is 6.05. The van der Waals surface area contributed by atoms with Gasteiger partial charge in [-0.05, 0) is 36.6 Å².